The van der Waals surface area contributed by atoms with E-state index in [0.717, 1.165) is 29.0 Å². The number of ether oxygens (including phenoxy) is 1. The van der Waals surface area contributed by atoms with Crippen molar-refractivity contribution in [1.29, 1.82) is 0 Å². The molecule has 0 aliphatic carbocycles. The Morgan fingerprint density at radius 3 is 2.61 bits per heavy atom. The highest BCUT2D eigenvalue weighted by molar-refractivity contribution is 7.09. The first-order chi connectivity index (χ1) is 11.0. The summed E-state index contributed by atoms with van der Waals surface area (Å²) in [6, 6.07) is 6.06. The molecule has 124 valence electrons. The van der Waals surface area contributed by atoms with Gasteiger partial charge in [0.15, 0.2) is 0 Å². The molecule has 0 radical (unpaired) electrons. The van der Waals surface area contributed by atoms with Gasteiger partial charge in [-0.2, -0.15) is 0 Å². The van der Waals surface area contributed by atoms with E-state index in [-0.39, 0.29) is 11.9 Å². The van der Waals surface area contributed by atoms with Crippen molar-refractivity contribution in [3.8, 4) is 5.75 Å². The van der Waals surface area contributed by atoms with Crippen molar-refractivity contribution >= 4 is 17.2 Å². The van der Waals surface area contributed by atoms with Crippen LogP contribution in [-0.2, 0) is 11.2 Å². The molecule has 5 heteroatoms. The first-order valence-electron chi connectivity index (χ1n) is 7.84. The summed E-state index contributed by atoms with van der Waals surface area (Å²) in [6.07, 6.45) is 1.23. The van der Waals surface area contributed by atoms with Crippen molar-refractivity contribution < 1.29 is 9.53 Å². The lowest BCUT2D eigenvalue weighted by Crippen LogP contribution is -2.37. The molecule has 1 aromatic heterocycles. The largest absolute Gasteiger partial charge is 0.491 e. The molecule has 1 N–H and O–H groups in total. The fourth-order valence-corrected chi connectivity index (χ4v) is 3.20. The molecule has 1 heterocycles. The fourth-order valence-electron chi connectivity index (χ4n) is 2.42. The second-order valence-corrected chi connectivity index (χ2v) is 6.80. The van der Waals surface area contributed by atoms with Gasteiger partial charge in [-0.15, -0.1) is 11.3 Å². The first-order valence-corrected chi connectivity index (χ1v) is 8.72. The number of amides is 1. The molecule has 4 nitrogen and oxygen atoms in total. The SMILES string of the molecule is Cc1cccc(C)c1OC[C@H](C)NC(=O)CCc1scnc1C. The zero-order chi connectivity index (χ0) is 16.8. The number of aryl methyl sites for hydroxylation is 4. The summed E-state index contributed by atoms with van der Waals surface area (Å²) in [6.45, 7) is 8.47. The maximum atomic E-state index is 12.0. The zero-order valence-electron chi connectivity index (χ0n) is 14.2. The van der Waals surface area contributed by atoms with E-state index >= 15 is 0 Å². The smallest absolute Gasteiger partial charge is 0.220 e. The van der Waals surface area contributed by atoms with Gasteiger partial charge in [0.25, 0.3) is 0 Å². The lowest BCUT2D eigenvalue weighted by Gasteiger charge is -2.17. The average molecular weight is 332 g/mol. The van der Waals surface area contributed by atoms with Gasteiger partial charge in [0.05, 0.1) is 17.2 Å². The van der Waals surface area contributed by atoms with Crippen LogP contribution in [0.25, 0.3) is 0 Å². The van der Waals surface area contributed by atoms with Crippen molar-refractivity contribution in [1.82, 2.24) is 10.3 Å². The number of nitrogens with zero attached hydrogens (tertiary/aromatic N) is 1. The van der Waals surface area contributed by atoms with Crippen LogP contribution in [0, 0.1) is 20.8 Å². The Morgan fingerprint density at radius 2 is 2.00 bits per heavy atom. The van der Waals surface area contributed by atoms with E-state index in [4.69, 9.17) is 4.74 Å². The first kappa shape index (κ1) is 17.5. The summed E-state index contributed by atoms with van der Waals surface area (Å²) >= 11 is 1.61. The van der Waals surface area contributed by atoms with Gasteiger partial charge in [-0.05, 0) is 45.2 Å². The standard InChI is InChI=1S/C18H24N2O2S/c1-12-6-5-7-13(2)18(12)22-10-14(3)20-17(21)9-8-16-15(4)19-11-23-16/h5-7,11,14H,8-10H2,1-4H3,(H,20,21)/t14-/m0/s1. The minimum Gasteiger partial charge on any atom is -0.491 e. The Morgan fingerprint density at radius 1 is 1.30 bits per heavy atom. The van der Waals surface area contributed by atoms with Gasteiger partial charge in [-0.1, -0.05) is 18.2 Å². The Kier molecular flexibility index (Phi) is 6.16. The number of para-hydroxylation sites is 1. The molecular weight excluding hydrogens is 308 g/mol. The molecule has 0 saturated heterocycles. The number of carbonyl (C=O) groups excluding carboxylic acids is 1. The third-order valence-corrected chi connectivity index (χ3v) is 4.71. The van der Waals surface area contributed by atoms with Gasteiger partial charge in [-0.3, -0.25) is 4.79 Å². The topological polar surface area (TPSA) is 51.2 Å². The highest BCUT2D eigenvalue weighted by Crippen LogP contribution is 2.22. The second-order valence-electron chi connectivity index (χ2n) is 5.86. The van der Waals surface area contributed by atoms with E-state index in [2.05, 4.69) is 10.3 Å². The van der Waals surface area contributed by atoms with Crippen molar-refractivity contribution in [2.45, 2.75) is 46.6 Å². The summed E-state index contributed by atoms with van der Waals surface area (Å²) in [5, 5.41) is 2.99. The molecule has 2 aromatic rings. The maximum absolute atomic E-state index is 12.0. The van der Waals surface area contributed by atoms with Gasteiger partial charge in [0.1, 0.15) is 12.4 Å². The van der Waals surface area contributed by atoms with E-state index in [1.54, 1.807) is 11.3 Å². The van der Waals surface area contributed by atoms with Crippen molar-refractivity contribution in [3.63, 3.8) is 0 Å². The van der Waals surface area contributed by atoms with Crippen LogP contribution in [0.5, 0.6) is 5.75 Å². The van der Waals surface area contributed by atoms with Crippen LogP contribution in [0.3, 0.4) is 0 Å². The molecule has 0 aliphatic rings. The normalized spacial score (nSPS) is 12.0. The van der Waals surface area contributed by atoms with Gasteiger partial charge in [0, 0.05) is 11.3 Å². The van der Waals surface area contributed by atoms with Gasteiger partial charge in [-0.25, -0.2) is 4.98 Å². The number of rotatable bonds is 7. The van der Waals surface area contributed by atoms with Crippen LogP contribution in [0.4, 0.5) is 0 Å². The molecule has 0 aliphatic heterocycles. The van der Waals surface area contributed by atoms with Crippen molar-refractivity contribution in [2.75, 3.05) is 6.61 Å². The summed E-state index contributed by atoms with van der Waals surface area (Å²) in [4.78, 5) is 17.4. The highest BCUT2D eigenvalue weighted by Gasteiger charge is 2.11. The highest BCUT2D eigenvalue weighted by atomic mass is 32.1. The molecule has 23 heavy (non-hydrogen) atoms. The number of nitrogens with one attached hydrogen (secondary N) is 1. The van der Waals surface area contributed by atoms with Crippen LogP contribution < -0.4 is 10.1 Å². The predicted octanol–water partition coefficient (Wildman–Crippen LogP) is 3.58. The van der Waals surface area contributed by atoms with E-state index < -0.39 is 0 Å². The molecule has 1 atom stereocenters. The number of hydrogen-bond donors (Lipinski definition) is 1. The van der Waals surface area contributed by atoms with E-state index in [9.17, 15) is 4.79 Å². The molecule has 2 rings (SSSR count). The van der Waals surface area contributed by atoms with Gasteiger partial charge in [0.2, 0.25) is 5.91 Å². The molecule has 0 saturated carbocycles. The van der Waals surface area contributed by atoms with E-state index in [1.165, 1.54) is 4.88 Å². The minimum absolute atomic E-state index is 0.0240. The molecule has 0 bridgehead atoms. The lowest BCUT2D eigenvalue weighted by molar-refractivity contribution is -0.121. The molecular formula is C18H24N2O2S. The van der Waals surface area contributed by atoms with Crippen molar-refractivity contribution in [3.05, 3.63) is 45.4 Å². The number of carbonyl (C=O) groups is 1. The van der Waals surface area contributed by atoms with Gasteiger partial charge >= 0.3 is 0 Å². The molecule has 0 spiro atoms. The van der Waals surface area contributed by atoms with Crippen LogP contribution in [0.2, 0.25) is 0 Å². The number of thiazole rings is 1. The van der Waals surface area contributed by atoms with Crippen LogP contribution >= 0.6 is 11.3 Å². The summed E-state index contributed by atoms with van der Waals surface area (Å²) in [7, 11) is 0. The lowest BCUT2D eigenvalue weighted by atomic mass is 10.1. The monoisotopic (exact) mass is 332 g/mol. The molecule has 0 unspecified atom stereocenters. The quantitative estimate of drug-likeness (QED) is 0.843. The Hall–Kier alpha value is -1.88. The third-order valence-electron chi connectivity index (χ3n) is 3.72. The fraction of sp³-hybridized carbons (Fsp3) is 0.444. The summed E-state index contributed by atoms with van der Waals surface area (Å²) in [5.41, 5.74) is 5.08. The molecule has 1 amide bonds. The summed E-state index contributed by atoms with van der Waals surface area (Å²) < 4.78 is 5.88. The maximum Gasteiger partial charge on any atom is 0.220 e. The van der Waals surface area contributed by atoms with E-state index in [1.807, 2.05) is 51.4 Å². The minimum atomic E-state index is -0.0240. The number of aromatic nitrogens is 1. The molecule has 1 aromatic carbocycles. The molecule has 0 fully saturated rings. The van der Waals surface area contributed by atoms with E-state index in [0.29, 0.717) is 13.0 Å². The Balaban J connectivity index is 1.77. The third kappa shape index (κ3) is 5.06. The van der Waals surface area contributed by atoms with Crippen LogP contribution in [-0.4, -0.2) is 23.5 Å². The Bertz CT molecular complexity index is 647. The number of hydrogen-bond acceptors (Lipinski definition) is 4. The van der Waals surface area contributed by atoms with Crippen molar-refractivity contribution in [2.24, 2.45) is 0 Å². The Labute approximate surface area is 141 Å². The number of benzene rings is 1. The second kappa shape index (κ2) is 8.11. The van der Waals surface area contributed by atoms with Crippen LogP contribution in [0.15, 0.2) is 23.7 Å². The van der Waals surface area contributed by atoms with Gasteiger partial charge < -0.3 is 10.1 Å². The zero-order valence-corrected chi connectivity index (χ0v) is 15.0. The average Bonchev–Trinajstić information content (AvgIpc) is 2.90. The summed E-state index contributed by atoms with van der Waals surface area (Å²) in [5.74, 6) is 0.962. The predicted molar refractivity (Wildman–Crippen MR) is 94.2 cm³/mol. The van der Waals surface area contributed by atoms with Crippen LogP contribution in [0.1, 0.15) is 35.0 Å².